The maximum absolute atomic E-state index is 13.2. The van der Waals surface area contributed by atoms with Gasteiger partial charge in [-0.25, -0.2) is 8.42 Å². The Morgan fingerprint density at radius 3 is 2.39 bits per heavy atom. The molecule has 9 heteroatoms. The molecule has 2 saturated heterocycles. The summed E-state index contributed by atoms with van der Waals surface area (Å²) in [4.78, 5) is 12.7. The highest BCUT2D eigenvalue weighted by Gasteiger charge is 2.29. The molecule has 3 rings (SSSR count). The fraction of sp³-hybridized carbons (Fsp3) is 0.632. The monoisotopic (exact) mass is 431 g/mol. The number of methoxy groups -OCH3 is 1. The molecule has 7 nitrogen and oxygen atoms in total. The third-order valence-electron chi connectivity index (χ3n) is 5.28. The van der Waals surface area contributed by atoms with Crippen LogP contribution in [0.4, 0.5) is 0 Å². The van der Waals surface area contributed by atoms with E-state index in [1.807, 2.05) is 0 Å². The highest BCUT2D eigenvalue weighted by molar-refractivity contribution is 7.89. The molecule has 1 amide bonds. The Kier molecular flexibility index (Phi) is 8.55. The van der Waals surface area contributed by atoms with Gasteiger partial charge in [0.15, 0.2) is 0 Å². The zero-order valence-corrected chi connectivity index (χ0v) is 17.9. The van der Waals surface area contributed by atoms with E-state index in [0.717, 1.165) is 51.6 Å². The Labute approximate surface area is 173 Å². The van der Waals surface area contributed by atoms with Crippen molar-refractivity contribution in [3.8, 4) is 5.75 Å². The predicted octanol–water partition coefficient (Wildman–Crippen LogP) is 2.16. The third-order valence-corrected chi connectivity index (χ3v) is 7.20. The topological polar surface area (TPSA) is 87.7 Å². The maximum atomic E-state index is 13.2. The van der Waals surface area contributed by atoms with E-state index < -0.39 is 10.0 Å². The van der Waals surface area contributed by atoms with E-state index in [0.29, 0.717) is 18.7 Å². The summed E-state index contributed by atoms with van der Waals surface area (Å²) in [5.74, 6) is 0.0366. The summed E-state index contributed by atoms with van der Waals surface area (Å²) < 4.78 is 33.2. The Balaban J connectivity index is 0.00000280. The molecule has 0 unspecified atom stereocenters. The first kappa shape index (κ1) is 22.9. The van der Waals surface area contributed by atoms with Crippen LogP contribution in [0.5, 0.6) is 5.75 Å². The van der Waals surface area contributed by atoms with Crippen LogP contribution in [0.1, 0.15) is 48.9 Å². The summed E-state index contributed by atoms with van der Waals surface area (Å²) in [6.45, 7) is 2.78. The van der Waals surface area contributed by atoms with Crippen LogP contribution in [0.15, 0.2) is 23.1 Å². The first-order valence-corrected chi connectivity index (χ1v) is 11.2. The first-order valence-electron chi connectivity index (χ1n) is 9.72. The zero-order valence-electron chi connectivity index (χ0n) is 16.3. The molecule has 0 bridgehead atoms. The number of sulfonamides is 1. The van der Waals surface area contributed by atoms with Crippen molar-refractivity contribution in [2.45, 2.75) is 49.5 Å². The summed E-state index contributed by atoms with van der Waals surface area (Å²) in [7, 11) is -2.25. The van der Waals surface area contributed by atoms with Gasteiger partial charge in [-0.3, -0.25) is 4.79 Å². The van der Waals surface area contributed by atoms with Crippen LogP contribution in [0.3, 0.4) is 0 Å². The second kappa shape index (κ2) is 10.4. The van der Waals surface area contributed by atoms with Crippen molar-refractivity contribution in [2.75, 3.05) is 33.3 Å². The SMILES string of the molecule is COc1ccc(C(=O)NC2CCNCC2)cc1S(=O)(=O)N1CCCCCC1.Cl. The molecule has 1 aromatic carbocycles. The minimum atomic E-state index is -3.70. The highest BCUT2D eigenvalue weighted by atomic mass is 35.5. The van der Waals surface area contributed by atoms with Gasteiger partial charge in [-0.15, -0.1) is 12.4 Å². The molecule has 28 heavy (non-hydrogen) atoms. The van der Waals surface area contributed by atoms with Crippen LogP contribution in [-0.4, -0.2) is 58.0 Å². The summed E-state index contributed by atoms with van der Waals surface area (Å²) >= 11 is 0. The maximum Gasteiger partial charge on any atom is 0.251 e. The molecule has 2 N–H and O–H groups in total. The second-order valence-electron chi connectivity index (χ2n) is 7.18. The number of hydrogen-bond donors (Lipinski definition) is 2. The average molecular weight is 432 g/mol. The van der Waals surface area contributed by atoms with Crippen LogP contribution >= 0.6 is 12.4 Å². The molecule has 2 fully saturated rings. The van der Waals surface area contributed by atoms with Crippen molar-refractivity contribution in [1.29, 1.82) is 0 Å². The van der Waals surface area contributed by atoms with Gasteiger partial charge < -0.3 is 15.4 Å². The number of nitrogens with zero attached hydrogens (tertiary/aromatic N) is 1. The lowest BCUT2D eigenvalue weighted by molar-refractivity contribution is 0.0929. The highest BCUT2D eigenvalue weighted by Crippen LogP contribution is 2.29. The summed E-state index contributed by atoms with van der Waals surface area (Å²) in [5, 5.41) is 6.27. The van der Waals surface area contributed by atoms with Gasteiger partial charge >= 0.3 is 0 Å². The van der Waals surface area contributed by atoms with E-state index in [2.05, 4.69) is 10.6 Å². The van der Waals surface area contributed by atoms with Gasteiger partial charge in [-0.1, -0.05) is 12.8 Å². The fourth-order valence-corrected chi connectivity index (χ4v) is 5.37. The molecule has 0 saturated carbocycles. The van der Waals surface area contributed by atoms with Crippen molar-refractivity contribution in [2.24, 2.45) is 0 Å². The Morgan fingerprint density at radius 2 is 1.79 bits per heavy atom. The van der Waals surface area contributed by atoms with Crippen molar-refractivity contribution < 1.29 is 17.9 Å². The van der Waals surface area contributed by atoms with E-state index in [9.17, 15) is 13.2 Å². The molecule has 0 spiro atoms. The number of carbonyl (C=O) groups is 1. The van der Waals surface area contributed by atoms with Crippen LogP contribution in [0.2, 0.25) is 0 Å². The van der Waals surface area contributed by atoms with Crippen LogP contribution in [0, 0.1) is 0 Å². The number of piperidine rings is 1. The molecule has 158 valence electrons. The number of ether oxygens (including phenoxy) is 1. The van der Waals surface area contributed by atoms with Crippen molar-refractivity contribution in [3.05, 3.63) is 23.8 Å². The van der Waals surface area contributed by atoms with Crippen LogP contribution in [0.25, 0.3) is 0 Å². The molecule has 2 aliphatic rings. The number of hydrogen-bond acceptors (Lipinski definition) is 5. The quantitative estimate of drug-likeness (QED) is 0.745. The van der Waals surface area contributed by atoms with Gasteiger partial charge in [0.2, 0.25) is 10.0 Å². The lowest BCUT2D eigenvalue weighted by Gasteiger charge is -2.24. The van der Waals surface area contributed by atoms with E-state index >= 15 is 0 Å². The van der Waals surface area contributed by atoms with Crippen LogP contribution in [-0.2, 0) is 10.0 Å². The molecule has 0 aromatic heterocycles. The molecule has 1 aromatic rings. The smallest absolute Gasteiger partial charge is 0.251 e. The van der Waals surface area contributed by atoms with Gasteiger partial charge in [0.25, 0.3) is 5.91 Å². The number of nitrogens with one attached hydrogen (secondary N) is 2. The van der Waals surface area contributed by atoms with Crippen molar-refractivity contribution in [3.63, 3.8) is 0 Å². The molecule has 0 atom stereocenters. The third kappa shape index (κ3) is 5.37. The van der Waals surface area contributed by atoms with E-state index in [1.165, 1.54) is 17.5 Å². The normalized spacial score (nSPS) is 19.3. The van der Waals surface area contributed by atoms with Crippen LogP contribution < -0.4 is 15.4 Å². The summed E-state index contributed by atoms with van der Waals surface area (Å²) in [6.07, 6.45) is 5.56. The first-order chi connectivity index (χ1) is 13.0. The predicted molar refractivity (Wildman–Crippen MR) is 111 cm³/mol. The fourth-order valence-electron chi connectivity index (χ4n) is 3.68. The minimum Gasteiger partial charge on any atom is -0.495 e. The Morgan fingerprint density at radius 1 is 1.14 bits per heavy atom. The standard InChI is InChI=1S/C19H29N3O4S.ClH/c1-26-17-7-6-15(19(23)21-16-8-10-20-11-9-16)14-18(17)27(24,25)22-12-4-2-3-5-13-22;/h6-7,14,16,20H,2-5,8-13H2,1H3,(H,21,23);1H. The van der Waals surface area contributed by atoms with E-state index in [4.69, 9.17) is 4.74 Å². The van der Waals surface area contributed by atoms with Gasteiger partial charge in [-0.2, -0.15) is 4.31 Å². The molecule has 0 radical (unpaired) electrons. The second-order valence-corrected chi connectivity index (χ2v) is 9.09. The lowest BCUT2D eigenvalue weighted by atomic mass is 10.1. The molecule has 2 aliphatic heterocycles. The molecule has 2 heterocycles. The van der Waals surface area contributed by atoms with E-state index in [-0.39, 0.29) is 35.0 Å². The molecule has 0 aliphatic carbocycles. The molecular formula is C19H30ClN3O4S. The zero-order chi connectivity index (χ0) is 19.3. The van der Waals surface area contributed by atoms with Gasteiger partial charge in [0, 0.05) is 24.7 Å². The Bertz CT molecular complexity index is 758. The minimum absolute atomic E-state index is 0. The lowest BCUT2D eigenvalue weighted by Crippen LogP contribution is -2.42. The number of rotatable bonds is 5. The number of carbonyl (C=O) groups excluding carboxylic acids is 1. The largest absolute Gasteiger partial charge is 0.495 e. The number of benzene rings is 1. The Hall–Kier alpha value is -1.35. The van der Waals surface area contributed by atoms with Crippen molar-refractivity contribution >= 4 is 28.3 Å². The van der Waals surface area contributed by atoms with Crippen molar-refractivity contribution in [1.82, 2.24) is 14.9 Å². The van der Waals surface area contributed by atoms with Gasteiger partial charge in [-0.05, 0) is 57.0 Å². The summed E-state index contributed by atoms with van der Waals surface area (Å²) in [6, 6.07) is 4.76. The average Bonchev–Trinajstić information content (AvgIpc) is 2.98. The van der Waals surface area contributed by atoms with E-state index in [1.54, 1.807) is 12.1 Å². The number of halogens is 1. The molecular weight excluding hydrogens is 402 g/mol. The van der Waals surface area contributed by atoms with Gasteiger partial charge in [0.1, 0.15) is 10.6 Å². The number of amides is 1. The van der Waals surface area contributed by atoms with Gasteiger partial charge in [0.05, 0.1) is 7.11 Å². The summed E-state index contributed by atoms with van der Waals surface area (Å²) in [5.41, 5.74) is 0.350.